The smallest absolute Gasteiger partial charge is 0.253 e. The average Bonchev–Trinajstić information content (AvgIpc) is 2.81. The summed E-state index contributed by atoms with van der Waals surface area (Å²) in [6.07, 6.45) is 1.64. The van der Waals surface area contributed by atoms with E-state index in [-0.39, 0.29) is 41.0 Å². The van der Waals surface area contributed by atoms with Crippen LogP contribution in [0, 0.1) is 0 Å². The number of benzene rings is 2. The Kier molecular flexibility index (Phi) is 8.11. The van der Waals surface area contributed by atoms with Crippen molar-refractivity contribution in [1.29, 1.82) is 0 Å². The maximum Gasteiger partial charge on any atom is 0.253 e. The third kappa shape index (κ3) is 6.53. The first-order valence-electron chi connectivity index (χ1n) is 10.5. The summed E-state index contributed by atoms with van der Waals surface area (Å²) < 4.78 is 61.2. The molecule has 1 amide bonds. The molecule has 0 atom stereocenters. The highest BCUT2D eigenvalue weighted by atomic mass is 32.2. The SMILES string of the molecule is CN(CCCOc1cccc(S(C)(=O)=O)c1)C(=O)c1cccc(S(=O)(=O)N2CCOCC2)c1. The van der Waals surface area contributed by atoms with E-state index >= 15 is 0 Å². The summed E-state index contributed by atoms with van der Waals surface area (Å²) >= 11 is 0. The molecule has 0 radical (unpaired) electrons. The van der Waals surface area contributed by atoms with Gasteiger partial charge in [0, 0.05) is 38.5 Å². The molecule has 1 aliphatic rings. The minimum atomic E-state index is -3.69. The molecule has 0 aromatic heterocycles. The number of hydrogen-bond donors (Lipinski definition) is 0. The molecule has 0 N–H and O–H groups in total. The van der Waals surface area contributed by atoms with Gasteiger partial charge in [-0.15, -0.1) is 0 Å². The van der Waals surface area contributed by atoms with Gasteiger partial charge >= 0.3 is 0 Å². The summed E-state index contributed by atoms with van der Waals surface area (Å²) in [5, 5.41) is 0. The summed E-state index contributed by atoms with van der Waals surface area (Å²) in [5.41, 5.74) is 0.286. The number of rotatable bonds is 9. The maximum absolute atomic E-state index is 12.9. The van der Waals surface area contributed by atoms with Gasteiger partial charge < -0.3 is 14.4 Å². The minimum absolute atomic E-state index is 0.0812. The number of amides is 1. The van der Waals surface area contributed by atoms with Crippen molar-refractivity contribution >= 4 is 25.8 Å². The van der Waals surface area contributed by atoms with Crippen molar-refractivity contribution in [3.8, 4) is 5.75 Å². The molecular formula is C22H28N2O7S2. The molecule has 1 heterocycles. The molecular weight excluding hydrogens is 468 g/mol. The number of carbonyl (C=O) groups excluding carboxylic acids is 1. The topological polar surface area (TPSA) is 110 Å². The van der Waals surface area contributed by atoms with Crippen LogP contribution < -0.4 is 4.74 Å². The van der Waals surface area contributed by atoms with Crippen molar-refractivity contribution in [1.82, 2.24) is 9.21 Å². The van der Waals surface area contributed by atoms with Crippen LogP contribution in [0.3, 0.4) is 0 Å². The predicted octanol–water partition coefficient (Wildman–Crippen LogP) is 1.65. The summed E-state index contributed by atoms with van der Waals surface area (Å²) in [6.45, 7) is 1.94. The van der Waals surface area contributed by atoms with Gasteiger partial charge in [0.2, 0.25) is 10.0 Å². The van der Waals surface area contributed by atoms with Crippen LogP contribution in [0.25, 0.3) is 0 Å². The van der Waals surface area contributed by atoms with Gasteiger partial charge in [0.05, 0.1) is 29.6 Å². The normalized spacial score (nSPS) is 15.2. The van der Waals surface area contributed by atoms with Crippen LogP contribution in [-0.4, -0.2) is 84.7 Å². The largest absolute Gasteiger partial charge is 0.493 e. The van der Waals surface area contributed by atoms with Gasteiger partial charge in [-0.1, -0.05) is 12.1 Å². The predicted molar refractivity (Wildman–Crippen MR) is 123 cm³/mol. The molecule has 33 heavy (non-hydrogen) atoms. The molecule has 1 saturated heterocycles. The summed E-state index contributed by atoms with van der Waals surface area (Å²) in [5.74, 6) is 0.140. The lowest BCUT2D eigenvalue weighted by Crippen LogP contribution is -2.40. The van der Waals surface area contributed by atoms with Crippen LogP contribution in [0.2, 0.25) is 0 Å². The van der Waals surface area contributed by atoms with Crippen molar-refractivity contribution in [2.24, 2.45) is 0 Å². The van der Waals surface area contributed by atoms with E-state index in [4.69, 9.17) is 9.47 Å². The van der Waals surface area contributed by atoms with Crippen molar-refractivity contribution in [3.05, 3.63) is 54.1 Å². The zero-order chi connectivity index (χ0) is 24.1. The van der Waals surface area contributed by atoms with Crippen molar-refractivity contribution in [2.45, 2.75) is 16.2 Å². The Hall–Kier alpha value is -2.47. The second kappa shape index (κ2) is 10.6. The van der Waals surface area contributed by atoms with Gasteiger partial charge in [-0.25, -0.2) is 16.8 Å². The van der Waals surface area contributed by atoms with E-state index in [0.717, 1.165) is 6.26 Å². The van der Waals surface area contributed by atoms with Crippen LogP contribution in [0.4, 0.5) is 0 Å². The van der Waals surface area contributed by atoms with Gasteiger partial charge in [-0.05, 0) is 42.8 Å². The highest BCUT2D eigenvalue weighted by Gasteiger charge is 2.27. The number of carbonyl (C=O) groups is 1. The minimum Gasteiger partial charge on any atom is -0.493 e. The van der Waals surface area contributed by atoms with Crippen molar-refractivity contribution < 1.29 is 31.1 Å². The fourth-order valence-corrected chi connectivity index (χ4v) is 5.44. The molecule has 1 fully saturated rings. The number of hydrogen-bond acceptors (Lipinski definition) is 7. The second-order valence-corrected chi connectivity index (χ2v) is 11.7. The Bertz CT molecular complexity index is 1190. The Morgan fingerprint density at radius 1 is 1.03 bits per heavy atom. The monoisotopic (exact) mass is 496 g/mol. The van der Waals surface area contributed by atoms with E-state index in [1.807, 2.05) is 0 Å². The number of ether oxygens (including phenoxy) is 2. The fourth-order valence-electron chi connectivity index (χ4n) is 3.33. The van der Waals surface area contributed by atoms with E-state index < -0.39 is 19.9 Å². The van der Waals surface area contributed by atoms with Gasteiger partial charge in [-0.2, -0.15) is 4.31 Å². The van der Waals surface area contributed by atoms with E-state index in [2.05, 4.69) is 0 Å². The number of morpholine rings is 1. The van der Waals surface area contributed by atoms with E-state index in [1.54, 1.807) is 31.3 Å². The van der Waals surface area contributed by atoms with Crippen LogP contribution in [0.15, 0.2) is 58.3 Å². The van der Waals surface area contributed by atoms with Crippen LogP contribution in [-0.2, 0) is 24.6 Å². The number of sulfonamides is 1. The van der Waals surface area contributed by atoms with E-state index in [9.17, 15) is 21.6 Å². The Morgan fingerprint density at radius 3 is 2.39 bits per heavy atom. The highest BCUT2D eigenvalue weighted by Crippen LogP contribution is 2.20. The molecule has 0 spiro atoms. The van der Waals surface area contributed by atoms with Gasteiger partial charge in [0.25, 0.3) is 5.91 Å². The lowest BCUT2D eigenvalue weighted by atomic mass is 10.2. The Morgan fingerprint density at radius 2 is 1.70 bits per heavy atom. The maximum atomic E-state index is 12.9. The van der Waals surface area contributed by atoms with Gasteiger partial charge in [0.15, 0.2) is 9.84 Å². The summed E-state index contributed by atoms with van der Waals surface area (Å²) in [7, 11) is -5.37. The molecule has 180 valence electrons. The molecule has 0 bridgehead atoms. The average molecular weight is 497 g/mol. The number of sulfone groups is 1. The zero-order valence-corrected chi connectivity index (χ0v) is 20.3. The second-order valence-electron chi connectivity index (χ2n) is 7.72. The molecule has 0 saturated carbocycles. The Labute approximate surface area is 194 Å². The zero-order valence-electron chi connectivity index (χ0n) is 18.6. The first kappa shape index (κ1) is 25.2. The molecule has 0 unspecified atom stereocenters. The summed E-state index contributed by atoms with van der Waals surface area (Å²) in [6, 6.07) is 12.3. The highest BCUT2D eigenvalue weighted by molar-refractivity contribution is 7.90. The lowest BCUT2D eigenvalue weighted by molar-refractivity contribution is 0.0730. The summed E-state index contributed by atoms with van der Waals surface area (Å²) in [4.78, 5) is 14.6. The molecule has 9 nitrogen and oxygen atoms in total. The molecule has 1 aliphatic heterocycles. The van der Waals surface area contributed by atoms with E-state index in [0.29, 0.717) is 31.9 Å². The fraction of sp³-hybridized carbons (Fsp3) is 0.409. The van der Waals surface area contributed by atoms with Crippen molar-refractivity contribution in [2.75, 3.05) is 52.8 Å². The lowest BCUT2D eigenvalue weighted by Gasteiger charge is -2.26. The standard InChI is InChI=1S/C22H28N2O7S2/c1-23(10-5-13-31-19-7-4-8-20(17-19)32(2,26)27)22(25)18-6-3-9-21(16-18)33(28,29)24-11-14-30-15-12-24/h3-4,6-9,16-17H,5,10-15H2,1-2H3. The first-order valence-corrected chi connectivity index (χ1v) is 13.8. The molecule has 0 aliphatic carbocycles. The molecule has 2 aromatic rings. The van der Waals surface area contributed by atoms with E-state index in [1.165, 1.54) is 33.5 Å². The van der Waals surface area contributed by atoms with Crippen LogP contribution in [0.1, 0.15) is 16.8 Å². The first-order chi connectivity index (χ1) is 15.6. The third-order valence-corrected chi connectivity index (χ3v) is 8.18. The molecule has 3 rings (SSSR count). The molecule has 2 aromatic carbocycles. The quantitative estimate of drug-likeness (QED) is 0.486. The Balaban J connectivity index is 1.57. The number of nitrogens with zero attached hydrogens (tertiary/aromatic N) is 2. The molecule has 11 heteroatoms. The van der Waals surface area contributed by atoms with Crippen LogP contribution in [0.5, 0.6) is 5.75 Å². The van der Waals surface area contributed by atoms with Gasteiger partial charge in [0.1, 0.15) is 5.75 Å². The van der Waals surface area contributed by atoms with Crippen LogP contribution >= 0.6 is 0 Å². The van der Waals surface area contributed by atoms with Crippen molar-refractivity contribution in [3.63, 3.8) is 0 Å². The third-order valence-electron chi connectivity index (χ3n) is 5.18. The van der Waals surface area contributed by atoms with Gasteiger partial charge in [-0.3, -0.25) is 4.79 Å².